The molecule has 5 N–H and O–H groups in total. The van der Waals surface area contributed by atoms with Gasteiger partial charge in [0.1, 0.15) is 11.8 Å². The molecule has 1 aromatic heterocycles. The molecule has 0 unspecified atom stereocenters. The van der Waals surface area contributed by atoms with Crippen molar-refractivity contribution in [2.45, 2.75) is 70.8 Å². The molecule has 0 bridgehead atoms. The highest BCUT2D eigenvalue weighted by Crippen LogP contribution is 2.26. The number of unbranched alkanes of at least 4 members (excludes halogenated alkanes) is 4. The van der Waals surface area contributed by atoms with Crippen LogP contribution in [-0.2, 0) is 20.7 Å². The van der Waals surface area contributed by atoms with Gasteiger partial charge in [-0.3, -0.25) is 9.59 Å². The molecule has 216 valence electrons. The van der Waals surface area contributed by atoms with Gasteiger partial charge in [0.25, 0.3) is 5.91 Å². The number of esters is 1. The first-order valence-corrected chi connectivity index (χ1v) is 14.2. The summed E-state index contributed by atoms with van der Waals surface area (Å²) in [6.07, 6.45) is 8.87. The molecule has 0 saturated carbocycles. The minimum absolute atomic E-state index is 0.0799. The fraction of sp³-hybridized carbons (Fsp3) is 0.452. The predicted molar refractivity (Wildman–Crippen MR) is 158 cm³/mol. The van der Waals surface area contributed by atoms with Crippen molar-refractivity contribution in [3.8, 4) is 5.75 Å². The van der Waals surface area contributed by atoms with Gasteiger partial charge in [-0.05, 0) is 56.0 Å². The smallest absolute Gasteiger partial charge is 0.328 e. The second-order valence-electron chi connectivity index (χ2n) is 9.86. The van der Waals surface area contributed by atoms with Crippen molar-refractivity contribution < 1.29 is 23.9 Å². The summed E-state index contributed by atoms with van der Waals surface area (Å²) in [6.45, 7) is 2.95. The maximum absolute atomic E-state index is 13.3. The van der Waals surface area contributed by atoms with Crippen molar-refractivity contribution in [3.05, 3.63) is 59.8 Å². The molecule has 3 aromatic rings. The molecule has 0 aliphatic carbocycles. The molecule has 0 aliphatic rings. The van der Waals surface area contributed by atoms with Gasteiger partial charge in [0.15, 0.2) is 0 Å². The van der Waals surface area contributed by atoms with Crippen LogP contribution in [0, 0.1) is 0 Å². The van der Waals surface area contributed by atoms with E-state index in [1.807, 2.05) is 30.5 Å². The van der Waals surface area contributed by atoms with Crippen LogP contribution in [0.5, 0.6) is 5.75 Å². The molecule has 0 spiro atoms. The SMILES string of the molecule is CCCCCCC(=O)Nc1ccc(C(=O)N[C@@H](CCCCN)C(=O)OC)c(OCCc2c[nH]c3ccccc23)c1. The number of aromatic amines is 1. The van der Waals surface area contributed by atoms with E-state index in [0.717, 1.165) is 48.6 Å². The molecule has 1 heterocycles. The largest absolute Gasteiger partial charge is 0.492 e. The van der Waals surface area contributed by atoms with Gasteiger partial charge in [-0.2, -0.15) is 0 Å². The number of hydrogen-bond acceptors (Lipinski definition) is 6. The Labute approximate surface area is 236 Å². The summed E-state index contributed by atoms with van der Waals surface area (Å²) in [4.78, 5) is 41.4. The Kier molecular flexibility index (Phi) is 12.5. The molecule has 9 heteroatoms. The fourth-order valence-electron chi connectivity index (χ4n) is 4.57. The lowest BCUT2D eigenvalue weighted by Crippen LogP contribution is -2.41. The number of nitrogens with two attached hydrogens (primary N) is 1. The Morgan fingerprint density at radius 2 is 1.85 bits per heavy atom. The number of anilines is 1. The Balaban J connectivity index is 1.75. The van der Waals surface area contributed by atoms with Crippen LogP contribution < -0.4 is 21.1 Å². The number of amides is 2. The Morgan fingerprint density at radius 1 is 1.02 bits per heavy atom. The van der Waals surface area contributed by atoms with E-state index >= 15 is 0 Å². The van der Waals surface area contributed by atoms with Crippen LogP contribution in [-0.4, -0.2) is 49.1 Å². The van der Waals surface area contributed by atoms with Crippen LogP contribution in [0.3, 0.4) is 0 Å². The number of nitrogens with one attached hydrogen (secondary N) is 3. The van der Waals surface area contributed by atoms with Crippen LogP contribution >= 0.6 is 0 Å². The van der Waals surface area contributed by atoms with E-state index in [9.17, 15) is 14.4 Å². The first-order chi connectivity index (χ1) is 19.5. The van der Waals surface area contributed by atoms with Crippen molar-refractivity contribution >= 4 is 34.4 Å². The maximum atomic E-state index is 13.3. The minimum atomic E-state index is -0.800. The molecule has 3 rings (SSSR count). The third-order valence-electron chi connectivity index (χ3n) is 6.81. The molecule has 2 aromatic carbocycles. The van der Waals surface area contributed by atoms with Gasteiger partial charge in [0.2, 0.25) is 5.91 Å². The summed E-state index contributed by atoms with van der Waals surface area (Å²) < 4.78 is 11.0. The molecule has 40 heavy (non-hydrogen) atoms. The van der Waals surface area contributed by atoms with Crippen LogP contribution in [0.4, 0.5) is 5.69 Å². The zero-order chi connectivity index (χ0) is 28.7. The van der Waals surface area contributed by atoms with E-state index in [-0.39, 0.29) is 11.5 Å². The van der Waals surface area contributed by atoms with Crippen molar-refractivity contribution in [3.63, 3.8) is 0 Å². The average Bonchev–Trinajstić information content (AvgIpc) is 3.37. The average molecular weight is 551 g/mol. The highest BCUT2D eigenvalue weighted by molar-refractivity contribution is 6.00. The minimum Gasteiger partial charge on any atom is -0.492 e. The molecule has 2 amide bonds. The quantitative estimate of drug-likeness (QED) is 0.136. The van der Waals surface area contributed by atoms with E-state index in [4.69, 9.17) is 15.2 Å². The molecular formula is C31H42N4O5. The third-order valence-corrected chi connectivity index (χ3v) is 6.81. The lowest BCUT2D eigenvalue weighted by atomic mass is 10.1. The molecule has 1 atom stereocenters. The van der Waals surface area contributed by atoms with Gasteiger partial charge in [-0.15, -0.1) is 0 Å². The number of H-pyrrole nitrogens is 1. The highest BCUT2D eigenvalue weighted by atomic mass is 16.5. The van der Waals surface area contributed by atoms with E-state index in [0.29, 0.717) is 50.3 Å². The number of aromatic nitrogens is 1. The number of carbonyl (C=O) groups is 3. The molecule has 0 radical (unpaired) electrons. The maximum Gasteiger partial charge on any atom is 0.328 e. The molecule has 0 fully saturated rings. The summed E-state index contributed by atoms with van der Waals surface area (Å²) in [5.74, 6) is -0.725. The number of rotatable bonds is 17. The first-order valence-electron chi connectivity index (χ1n) is 14.2. The van der Waals surface area contributed by atoms with Crippen LogP contribution in [0.2, 0.25) is 0 Å². The summed E-state index contributed by atoms with van der Waals surface area (Å²) in [5.41, 5.74) is 8.55. The highest BCUT2D eigenvalue weighted by Gasteiger charge is 2.24. The molecule has 0 aliphatic heterocycles. The van der Waals surface area contributed by atoms with Crippen molar-refractivity contribution in [2.75, 3.05) is 25.6 Å². The third kappa shape index (κ3) is 9.12. The summed E-state index contributed by atoms with van der Waals surface area (Å²) in [5, 5.41) is 6.82. The van der Waals surface area contributed by atoms with Gasteiger partial charge in [0.05, 0.1) is 19.3 Å². The van der Waals surface area contributed by atoms with E-state index < -0.39 is 17.9 Å². The molecular weight excluding hydrogens is 508 g/mol. The van der Waals surface area contributed by atoms with Crippen LogP contribution in [0.25, 0.3) is 10.9 Å². The Morgan fingerprint density at radius 3 is 2.62 bits per heavy atom. The number of carbonyl (C=O) groups excluding carboxylic acids is 3. The lowest BCUT2D eigenvalue weighted by Gasteiger charge is -2.18. The Bertz CT molecular complexity index is 1260. The van der Waals surface area contributed by atoms with E-state index in [2.05, 4.69) is 22.5 Å². The van der Waals surface area contributed by atoms with Crippen molar-refractivity contribution in [1.29, 1.82) is 0 Å². The molecule has 0 saturated heterocycles. The topological polar surface area (TPSA) is 136 Å². The molecule has 9 nitrogen and oxygen atoms in total. The second kappa shape index (κ2) is 16.3. The standard InChI is InChI=1S/C31H42N4O5/c1-3-4-5-6-14-29(36)34-23-15-16-25(30(37)35-27(31(38)39-2)13-9-10-18-32)28(20-23)40-19-17-22-21-33-26-12-8-7-11-24(22)26/h7-8,11-12,15-16,20-21,27,33H,3-6,9-10,13-14,17-19,32H2,1-2H3,(H,34,36)(H,35,37)/t27-/m0/s1. The number of hydrogen-bond donors (Lipinski definition) is 4. The summed E-state index contributed by atoms with van der Waals surface area (Å²) in [7, 11) is 1.30. The van der Waals surface area contributed by atoms with Crippen molar-refractivity contribution in [1.82, 2.24) is 10.3 Å². The van der Waals surface area contributed by atoms with Gasteiger partial charge in [0, 0.05) is 41.7 Å². The number of benzene rings is 2. The van der Waals surface area contributed by atoms with Crippen molar-refractivity contribution in [2.24, 2.45) is 5.73 Å². The zero-order valence-corrected chi connectivity index (χ0v) is 23.6. The normalized spacial score (nSPS) is 11.7. The predicted octanol–water partition coefficient (Wildman–Crippen LogP) is 5.10. The Hall–Kier alpha value is -3.85. The number of ether oxygens (including phenoxy) is 2. The van der Waals surface area contributed by atoms with Gasteiger partial charge in [-0.1, -0.05) is 44.4 Å². The second-order valence-corrected chi connectivity index (χ2v) is 9.86. The van der Waals surface area contributed by atoms with E-state index in [1.165, 1.54) is 7.11 Å². The van der Waals surface area contributed by atoms with E-state index in [1.54, 1.807) is 18.2 Å². The monoisotopic (exact) mass is 550 g/mol. The summed E-state index contributed by atoms with van der Waals surface area (Å²) in [6, 6.07) is 12.2. The van der Waals surface area contributed by atoms with Gasteiger partial charge >= 0.3 is 5.97 Å². The number of fused-ring (bicyclic) bond motifs is 1. The summed E-state index contributed by atoms with van der Waals surface area (Å²) >= 11 is 0. The lowest BCUT2D eigenvalue weighted by molar-refractivity contribution is -0.143. The van der Waals surface area contributed by atoms with Crippen LogP contribution in [0.15, 0.2) is 48.7 Å². The van der Waals surface area contributed by atoms with Gasteiger partial charge in [-0.25, -0.2) is 4.79 Å². The zero-order valence-electron chi connectivity index (χ0n) is 23.6. The first kappa shape index (κ1) is 30.7. The van der Waals surface area contributed by atoms with Gasteiger partial charge < -0.3 is 30.8 Å². The number of methoxy groups -OCH3 is 1. The number of para-hydroxylation sites is 1. The fourth-order valence-corrected chi connectivity index (χ4v) is 4.57. The van der Waals surface area contributed by atoms with Crippen LogP contribution in [0.1, 0.15) is 74.2 Å².